The van der Waals surface area contributed by atoms with Gasteiger partial charge in [-0.05, 0) is 19.4 Å². The second-order valence-electron chi connectivity index (χ2n) is 6.13. The van der Waals surface area contributed by atoms with E-state index in [-0.39, 0.29) is 24.0 Å². The first-order valence-corrected chi connectivity index (χ1v) is 7.39. The molecule has 1 aromatic rings. The molecule has 0 radical (unpaired) electrons. The molecule has 6 heteroatoms. The molecule has 3 N–H and O–H groups in total. The molecular formula is C16H23N3O3. The van der Waals surface area contributed by atoms with E-state index in [1.54, 1.807) is 0 Å². The van der Waals surface area contributed by atoms with Gasteiger partial charge in [-0.3, -0.25) is 15.0 Å². The van der Waals surface area contributed by atoms with Crippen molar-refractivity contribution in [3.8, 4) is 0 Å². The highest BCUT2D eigenvalue weighted by Crippen LogP contribution is 2.30. The topological polar surface area (TPSA) is 84.7 Å². The number of benzene rings is 1. The summed E-state index contributed by atoms with van der Waals surface area (Å²) < 4.78 is 5.96. The van der Waals surface area contributed by atoms with E-state index in [9.17, 15) is 9.59 Å². The predicted molar refractivity (Wildman–Crippen MR) is 83.1 cm³/mol. The summed E-state index contributed by atoms with van der Waals surface area (Å²) in [6.45, 7) is 6.02. The Hall–Kier alpha value is -1.92. The molecule has 22 heavy (non-hydrogen) atoms. The van der Waals surface area contributed by atoms with Crippen molar-refractivity contribution in [3.05, 3.63) is 35.9 Å². The lowest BCUT2D eigenvalue weighted by Crippen LogP contribution is -2.54. The Kier molecular flexibility index (Phi) is 5.15. The minimum atomic E-state index is -0.812. The van der Waals surface area contributed by atoms with E-state index in [4.69, 9.17) is 10.5 Å². The van der Waals surface area contributed by atoms with Gasteiger partial charge >= 0.3 is 6.03 Å². The van der Waals surface area contributed by atoms with Crippen molar-refractivity contribution in [2.45, 2.75) is 31.9 Å². The average molecular weight is 305 g/mol. The molecule has 1 aliphatic rings. The molecule has 1 aliphatic heterocycles. The smallest absolute Gasteiger partial charge is 0.318 e. The van der Waals surface area contributed by atoms with E-state index in [1.807, 2.05) is 30.3 Å². The number of morpholine rings is 1. The maximum absolute atomic E-state index is 11.6. The average Bonchev–Trinajstić information content (AvgIpc) is 2.46. The number of carbonyl (C=O) groups is 2. The monoisotopic (exact) mass is 305 g/mol. The van der Waals surface area contributed by atoms with Crippen LogP contribution in [-0.4, -0.2) is 42.1 Å². The first-order chi connectivity index (χ1) is 10.4. The Morgan fingerprint density at radius 3 is 2.68 bits per heavy atom. The molecule has 1 aromatic carbocycles. The Bertz CT molecular complexity index is 531. The molecule has 0 aromatic heterocycles. The quantitative estimate of drug-likeness (QED) is 0.881. The number of nitrogens with two attached hydrogens (primary N) is 1. The molecule has 1 saturated heterocycles. The van der Waals surface area contributed by atoms with Gasteiger partial charge in [0.2, 0.25) is 5.91 Å². The second kappa shape index (κ2) is 6.89. The molecule has 0 spiro atoms. The molecule has 1 heterocycles. The molecule has 6 nitrogen and oxygen atoms in total. The molecule has 3 amide bonds. The van der Waals surface area contributed by atoms with E-state index >= 15 is 0 Å². The summed E-state index contributed by atoms with van der Waals surface area (Å²) in [5.41, 5.74) is 5.92. The zero-order chi connectivity index (χ0) is 16.2. The van der Waals surface area contributed by atoms with Crippen LogP contribution in [0.3, 0.4) is 0 Å². The summed E-state index contributed by atoms with van der Waals surface area (Å²) in [7, 11) is 0. The molecule has 120 valence electrons. The fraction of sp³-hybridized carbons (Fsp3) is 0.500. The highest BCUT2D eigenvalue weighted by atomic mass is 16.5. The minimum Gasteiger partial charge on any atom is -0.370 e. The maximum Gasteiger partial charge on any atom is 0.318 e. The number of ether oxygens (including phenoxy) is 1. The summed E-state index contributed by atoms with van der Waals surface area (Å²) in [5.74, 6) is -0.356. The van der Waals surface area contributed by atoms with Crippen molar-refractivity contribution in [1.29, 1.82) is 0 Å². The van der Waals surface area contributed by atoms with Gasteiger partial charge in [0.05, 0.1) is 12.7 Å². The van der Waals surface area contributed by atoms with Crippen LogP contribution in [0.1, 0.15) is 31.9 Å². The number of nitrogens with zero attached hydrogens (tertiary/aromatic N) is 1. The number of hydrogen-bond acceptors (Lipinski definition) is 4. The second-order valence-corrected chi connectivity index (χ2v) is 6.13. The van der Waals surface area contributed by atoms with Crippen LogP contribution in [0.5, 0.6) is 0 Å². The fourth-order valence-corrected chi connectivity index (χ4v) is 2.60. The number of imide groups is 1. The Morgan fingerprint density at radius 2 is 2.05 bits per heavy atom. The Morgan fingerprint density at radius 1 is 1.36 bits per heavy atom. The number of rotatable bonds is 4. The SMILES string of the molecule is CC1(C)CO[C@H](c2ccccc2)CN1CCC(=O)NC(N)=O. The van der Waals surface area contributed by atoms with Crippen LogP contribution in [0, 0.1) is 0 Å². The minimum absolute atomic E-state index is 0.00609. The van der Waals surface area contributed by atoms with Gasteiger partial charge in [-0.25, -0.2) is 4.79 Å². The summed E-state index contributed by atoms with van der Waals surface area (Å²) >= 11 is 0. The van der Waals surface area contributed by atoms with Gasteiger partial charge in [0, 0.05) is 25.0 Å². The molecule has 0 aliphatic carbocycles. The summed E-state index contributed by atoms with van der Waals surface area (Å²) in [6.07, 6.45) is 0.224. The van der Waals surface area contributed by atoms with Gasteiger partial charge in [-0.1, -0.05) is 30.3 Å². The standard InChI is InChI=1S/C16H23N3O3/c1-16(2)11-22-13(12-6-4-3-5-7-12)10-19(16)9-8-14(20)18-15(17)21/h3-7,13H,8-11H2,1-2H3,(H3,17,18,20,21)/t13-/m0/s1. The molecule has 0 saturated carbocycles. The van der Waals surface area contributed by atoms with Gasteiger partial charge < -0.3 is 10.5 Å². The zero-order valence-electron chi connectivity index (χ0n) is 13.0. The third-order valence-corrected chi connectivity index (χ3v) is 3.92. The van der Waals surface area contributed by atoms with Gasteiger partial charge in [0.15, 0.2) is 0 Å². The zero-order valence-corrected chi connectivity index (χ0v) is 13.0. The lowest BCUT2D eigenvalue weighted by molar-refractivity contribution is -0.124. The van der Waals surface area contributed by atoms with E-state index < -0.39 is 6.03 Å². The summed E-state index contributed by atoms with van der Waals surface area (Å²) in [6, 6.07) is 9.23. The number of primary amides is 1. The van der Waals surface area contributed by atoms with Crippen LogP contribution < -0.4 is 11.1 Å². The van der Waals surface area contributed by atoms with Gasteiger partial charge in [0.25, 0.3) is 0 Å². The number of amides is 3. The normalized spacial score (nSPS) is 21.3. The number of hydrogen-bond donors (Lipinski definition) is 2. The highest BCUT2D eigenvalue weighted by Gasteiger charge is 2.35. The van der Waals surface area contributed by atoms with Crippen LogP contribution in [0.2, 0.25) is 0 Å². The van der Waals surface area contributed by atoms with E-state index in [0.29, 0.717) is 19.7 Å². The van der Waals surface area contributed by atoms with E-state index in [0.717, 1.165) is 5.56 Å². The maximum atomic E-state index is 11.6. The molecule has 1 atom stereocenters. The number of nitrogens with one attached hydrogen (secondary N) is 1. The van der Waals surface area contributed by atoms with Crippen molar-refractivity contribution in [3.63, 3.8) is 0 Å². The number of urea groups is 1. The van der Waals surface area contributed by atoms with Crippen molar-refractivity contribution in [2.75, 3.05) is 19.7 Å². The fourth-order valence-electron chi connectivity index (χ4n) is 2.60. The van der Waals surface area contributed by atoms with Gasteiger partial charge in [-0.15, -0.1) is 0 Å². The third kappa shape index (κ3) is 4.29. The van der Waals surface area contributed by atoms with Crippen LogP contribution in [0.25, 0.3) is 0 Å². The third-order valence-electron chi connectivity index (χ3n) is 3.92. The van der Waals surface area contributed by atoms with Gasteiger partial charge in [0.1, 0.15) is 0 Å². The summed E-state index contributed by atoms with van der Waals surface area (Å²) in [5, 5.41) is 2.09. The van der Waals surface area contributed by atoms with Crippen molar-refractivity contribution < 1.29 is 14.3 Å². The highest BCUT2D eigenvalue weighted by molar-refractivity contribution is 5.93. The summed E-state index contributed by atoms with van der Waals surface area (Å²) in [4.78, 5) is 24.5. The van der Waals surface area contributed by atoms with Crippen LogP contribution >= 0.6 is 0 Å². The first kappa shape index (κ1) is 16.5. The molecule has 2 rings (SSSR count). The van der Waals surface area contributed by atoms with Gasteiger partial charge in [-0.2, -0.15) is 0 Å². The van der Waals surface area contributed by atoms with Crippen LogP contribution in [0.15, 0.2) is 30.3 Å². The predicted octanol–water partition coefficient (Wildman–Crippen LogP) is 1.42. The van der Waals surface area contributed by atoms with E-state index in [2.05, 4.69) is 24.1 Å². The van der Waals surface area contributed by atoms with Crippen molar-refractivity contribution >= 4 is 11.9 Å². The van der Waals surface area contributed by atoms with E-state index in [1.165, 1.54) is 0 Å². The molecule has 0 bridgehead atoms. The largest absolute Gasteiger partial charge is 0.370 e. The Balaban J connectivity index is 1.97. The molecular weight excluding hydrogens is 282 g/mol. The van der Waals surface area contributed by atoms with Crippen LogP contribution in [-0.2, 0) is 9.53 Å². The Labute approximate surface area is 130 Å². The molecule has 0 unspecified atom stereocenters. The lowest BCUT2D eigenvalue weighted by atomic mass is 9.98. The number of carbonyl (C=O) groups excluding carboxylic acids is 2. The van der Waals surface area contributed by atoms with Crippen molar-refractivity contribution in [1.82, 2.24) is 10.2 Å². The molecule has 1 fully saturated rings. The first-order valence-electron chi connectivity index (χ1n) is 7.39. The van der Waals surface area contributed by atoms with Crippen LogP contribution in [0.4, 0.5) is 4.79 Å². The van der Waals surface area contributed by atoms with Crippen molar-refractivity contribution in [2.24, 2.45) is 5.73 Å². The lowest BCUT2D eigenvalue weighted by Gasteiger charge is -2.45.